The van der Waals surface area contributed by atoms with Gasteiger partial charge in [0.15, 0.2) is 28.8 Å². The number of hydrogen-bond acceptors (Lipinski definition) is 16. The van der Waals surface area contributed by atoms with Crippen LogP contribution >= 0.6 is 15.6 Å². The van der Waals surface area contributed by atoms with Crippen molar-refractivity contribution in [1.29, 1.82) is 0 Å². The summed E-state index contributed by atoms with van der Waals surface area (Å²) in [6.07, 6.45) is 11.0. The average Bonchev–Trinajstić information content (AvgIpc) is 3.56. The average molecular weight is 1020 g/mol. The number of phosphoric acid groups is 2. The van der Waals surface area contributed by atoms with Crippen molar-refractivity contribution in [1.82, 2.24) is 0 Å². The molecular weight excluding hydrogens is 961 g/mol. The van der Waals surface area contributed by atoms with Crippen LogP contribution in [0, 0.1) is 57.2 Å². The van der Waals surface area contributed by atoms with E-state index in [0.29, 0.717) is 37.7 Å². The molecule has 0 aromatic carbocycles. The third-order valence-corrected chi connectivity index (χ3v) is 17.7. The van der Waals surface area contributed by atoms with Crippen molar-refractivity contribution in [3.8, 4) is 0 Å². The summed E-state index contributed by atoms with van der Waals surface area (Å²) < 4.78 is 40.5. The Kier molecular flexibility index (Phi) is 21.7. The van der Waals surface area contributed by atoms with Crippen molar-refractivity contribution < 1.29 is 205 Å². The maximum absolute atomic E-state index is 16.9. The number of Topliss-reactive ketones (excluding diaryl/α,β-unsaturated/α-hetero) is 2. The number of halogens is 1. The zero-order valence-corrected chi connectivity index (χ0v) is 49.6. The van der Waals surface area contributed by atoms with E-state index in [1.807, 2.05) is 13.0 Å². The van der Waals surface area contributed by atoms with Gasteiger partial charge in [-0.3, -0.25) is 19.2 Å². The molecule has 352 valence electrons. The first-order chi connectivity index (χ1) is 28.8. The third-order valence-electron chi connectivity index (χ3n) is 17.3. The van der Waals surface area contributed by atoms with E-state index < -0.39 is 103 Å². The number of alkyl halides is 1. The third kappa shape index (κ3) is 11.0. The number of fused-ring (bicyclic) bond motifs is 10. The first-order valence-electron chi connectivity index (χ1n) is 21.3. The summed E-state index contributed by atoms with van der Waals surface area (Å²) >= 11 is 0. The van der Waals surface area contributed by atoms with Crippen molar-refractivity contribution in [2.45, 2.75) is 121 Å². The molecule has 67 heavy (non-hydrogen) atoms. The number of carbonyl (C=O) groups is 4. The van der Waals surface area contributed by atoms with Crippen LogP contribution in [0.15, 0.2) is 47.6 Å². The molecule has 0 aromatic rings. The molecule has 0 spiro atoms. The summed E-state index contributed by atoms with van der Waals surface area (Å²) in [6.45, 7) is 7.28. The summed E-state index contributed by atoms with van der Waals surface area (Å²) in [6, 6.07) is 0. The second-order valence-electron chi connectivity index (χ2n) is 20.0. The van der Waals surface area contributed by atoms with Crippen molar-refractivity contribution >= 4 is 38.8 Å². The minimum atomic E-state index is -5.34. The first kappa shape index (κ1) is 64.7. The van der Waals surface area contributed by atoms with Gasteiger partial charge in [0, 0.05) is 33.5 Å². The fraction of sp³-hybridized carbons (Fsp3) is 0.721. The fourth-order valence-corrected chi connectivity index (χ4v) is 14.6. The molecule has 0 radical (unpaired) electrons. The normalized spacial score (nSPS) is 43.2. The van der Waals surface area contributed by atoms with Gasteiger partial charge in [-0.05, 0) is 113 Å². The van der Waals surface area contributed by atoms with Gasteiger partial charge in [0.25, 0.3) is 0 Å². The molecule has 6 saturated carbocycles. The molecule has 8 aliphatic rings. The van der Waals surface area contributed by atoms with Crippen LogP contribution in [0.25, 0.3) is 0 Å². The molecule has 0 aliphatic heterocycles. The van der Waals surface area contributed by atoms with E-state index in [1.54, 1.807) is 45.9 Å². The summed E-state index contributed by atoms with van der Waals surface area (Å²) in [4.78, 5) is 94.9. The first-order valence-corrected chi connectivity index (χ1v) is 24.2. The van der Waals surface area contributed by atoms with Crippen molar-refractivity contribution in [2.75, 3.05) is 13.2 Å². The molecule has 15 atom stereocenters. The largest absolute Gasteiger partial charge is 1.00 e. The quantitative estimate of drug-likeness (QED) is 0.106. The summed E-state index contributed by atoms with van der Waals surface area (Å²) in [5, 5.41) is 54.5. The Balaban J connectivity index is 0.000000397. The number of carbonyl (C=O) groups excluding carboxylic acids is 4. The smallest absolute Gasteiger partial charge is 0.790 e. The van der Waals surface area contributed by atoms with E-state index in [9.17, 15) is 59.1 Å². The van der Waals surface area contributed by atoms with Crippen LogP contribution in [0.3, 0.4) is 0 Å². The van der Waals surface area contributed by atoms with Crippen LogP contribution in [0.1, 0.15) is 92.4 Å². The Morgan fingerprint density at radius 1 is 0.806 bits per heavy atom. The second-order valence-corrected chi connectivity index (χ2v) is 22.1. The van der Waals surface area contributed by atoms with Gasteiger partial charge >= 0.3 is 118 Å². The number of aliphatic hydroxyl groups excluding tert-OH is 3. The van der Waals surface area contributed by atoms with Gasteiger partial charge < -0.3 is 63.7 Å². The standard InChI is InChI=1S/C22H29FO5.C21H29O8P.4Na.H3O4P/c1-12-8-16-15-5-4-13-9-14(25)6-7-19(13,2)21(15,23)17(26)10-20(16,3)22(12,28)18(27)11-24;1-19-7-5-13(22)9-12(19)3-4-14-15-6-8-21(25,17(24)11-29-30(26,27)28)20(15,2)10-16(23)18(14)19;;;;;1-5(2,3)4/h6-7,9,12,15-17,24,26,28H,4-5,8,10-11H2,1-3H3;5,7,9,14-16,18,23,25H,3-4,6,8,10-11H2,1-2H3,(H2,26,27,28);;;;;(H3,1,2,3,4)/q;;4*+1;/p-4/t12-,15?,16?,17+,19+,20+,21+,22+;14-,15-,16?,18+,19-,20-,21-;;;;;/m10...../s1. The summed E-state index contributed by atoms with van der Waals surface area (Å²) in [5.74, 6) is -3.17. The van der Waals surface area contributed by atoms with E-state index in [0.717, 1.165) is 12.0 Å². The fourth-order valence-electron chi connectivity index (χ4n) is 14.3. The SMILES string of the molecule is C[C@@H]1CC2C3CCC4=CC(=O)C=C[C@]4(C)[C@@]3(F)[C@@H](O)C[C@]2(C)[C@@]1(O)C(=O)CO.C[C@]12C=CC(=O)C=C1CC[C@@H]1[C@@H]2C(O)C[C@@]2(C)[C@H]1CC[C@]2(O)C(=O)COP(=O)([O-])[O-].O=P([O-])([O-])O.[Na+].[Na+].[Na+].[Na+]. The molecular formula is C43H57FNa4O17P2. The molecule has 0 amide bonds. The van der Waals surface area contributed by atoms with Gasteiger partial charge in [-0.2, -0.15) is 0 Å². The number of hydrogen-bond donors (Lipinski definition) is 6. The van der Waals surface area contributed by atoms with E-state index in [-0.39, 0.29) is 173 Å². The number of ketones is 4. The van der Waals surface area contributed by atoms with Gasteiger partial charge in [0.2, 0.25) is 0 Å². The Hall–Kier alpha value is 1.59. The molecule has 0 heterocycles. The van der Waals surface area contributed by atoms with Crippen LogP contribution in [0.2, 0.25) is 0 Å². The molecule has 8 rings (SSSR count). The van der Waals surface area contributed by atoms with Gasteiger partial charge in [-0.25, -0.2) is 4.39 Å². The van der Waals surface area contributed by atoms with Crippen LogP contribution in [-0.2, 0) is 32.8 Å². The van der Waals surface area contributed by atoms with E-state index in [1.165, 1.54) is 12.2 Å². The zero-order valence-electron chi connectivity index (χ0n) is 39.8. The van der Waals surface area contributed by atoms with E-state index in [4.69, 9.17) is 19.2 Å². The molecule has 24 heteroatoms. The van der Waals surface area contributed by atoms with Crippen molar-refractivity contribution in [2.24, 2.45) is 57.2 Å². The van der Waals surface area contributed by atoms with E-state index >= 15 is 4.39 Å². The van der Waals surface area contributed by atoms with Crippen LogP contribution < -0.4 is 138 Å². The minimum absolute atomic E-state index is 0. The van der Waals surface area contributed by atoms with Gasteiger partial charge in [0.05, 0.1) is 27.9 Å². The summed E-state index contributed by atoms with van der Waals surface area (Å²) in [7, 11) is -10.5. The predicted octanol–water partition coefficient (Wildman–Crippen LogP) is -11.9. The maximum atomic E-state index is 16.9. The Bertz CT molecular complexity index is 2160. The molecule has 6 fully saturated rings. The summed E-state index contributed by atoms with van der Waals surface area (Å²) in [5.41, 5.74) is -7.44. The van der Waals surface area contributed by atoms with Crippen molar-refractivity contribution in [3.63, 3.8) is 0 Å². The Labute approximate surface area is 478 Å². The minimum Gasteiger partial charge on any atom is -0.790 e. The zero-order chi connectivity index (χ0) is 47.3. The molecule has 0 bridgehead atoms. The number of allylic oxidation sites excluding steroid dienone is 8. The molecule has 3 unspecified atom stereocenters. The number of phosphoric ester groups is 1. The van der Waals surface area contributed by atoms with Crippen LogP contribution in [0.4, 0.5) is 4.39 Å². The van der Waals surface area contributed by atoms with Crippen LogP contribution in [0.5, 0.6) is 0 Å². The number of rotatable bonds is 6. The monoisotopic (exact) mass is 1020 g/mol. The van der Waals surface area contributed by atoms with Crippen LogP contribution in [-0.4, -0.2) is 95.9 Å². The van der Waals surface area contributed by atoms with Gasteiger partial charge in [-0.1, -0.05) is 51.0 Å². The maximum Gasteiger partial charge on any atom is 1.00 e. The Morgan fingerprint density at radius 2 is 1.34 bits per heavy atom. The second kappa shape index (κ2) is 22.4. The molecule has 0 aromatic heterocycles. The molecule has 17 nitrogen and oxygen atoms in total. The van der Waals surface area contributed by atoms with Crippen molar-refractivity contribution in [3.05, 3.63) is 47.6 Å². The number of aliphatic hydroxyl groups is 5. The molecule has 0 saturated heterocycles. The molecule has 6 N–H and O–H groups in total. The van der Waals surface area contributed by atoms with Gasteiger partial charge in [0.1, 0.15) is 24.4 Å². The Morgan fingerprint density at radius 3 is 1.90 bits per heavy atom. The van der Waals surface area contributed by atoms with Gasteiger partial charge in [-0.15, -0.1) is 0 Å². The predicted molar refractivity (Wildman–Crippen MR) is 211 cm³/mol. The van der Waals surface area contributed by atoms with E-state index in [2.05, 4.69) is 4.52 Å². The topological polar surface area (TPSA) is 325 Å². The molecule has 8 aliphatic carbocycles.